The molecule has 2 aliphatic rings. The van der Waals surface area contributed by atoms with Crippen LogP contribution in [0, 0.1) is 11.3 Å². The summed E-state index contributed by atoms with van der Waals surface area (Å²) in [6, 6.07) is 1.72. The molecule has 0 radical (unpaired) electrons. The lowest BCUT2D eigenvalue weighted by molar-refractivity contribution is 0.136. The zero-order valence-electron chi connectivity index (χ0n) is 10.9. The fourth-order valence-corrected chi connectivity index (χ4v) is 3.45. The molecule has 1 saturated heterocycles. The van der Waals surface area contributed by atoms with Gasteiger partial charge in [-0.05, 0) is 43.4 Å². The molecule has 1 heterocycles. The third-order valence-electron chi connectivity index (χ3n) is 4.72. The van der Waals surface area contributed by atoms with Crippen molar-refractivity contribution in [3.8, 4) is 0 Å². The van der Waals surface area contributed by atoms with Gasteiger partial charge in [0.25, 0.3) is 0 Å². The van der Waals surface area contributed by atoms with E-state index in [0.29, 0.717) is 0 Å². The predicted octanol–water partition coefficient (Wildman–Crippen LogP) is 3.69. The average molecular weight is 209 g/mol. The van der Waals surface area contributed by atoms with Crippen LogP contribution >= 0.6 is 0 Å². The molecule has 1 aliphatic carbocycles. The number of likely N-dealkylation sites (tertiary alicyclic amines) is 1. The first-order valence-electron chi connectivity index (χ1n) is 6.87. The molecular weight excluding hydrogens is 182 g/mol. The molecule has 2 rings (SSSR count). The van der Waals surface area contributed by atoms with Crippen molar-refractivity contribution in [2.75, 3.05) is 6.54 Å². The Morgan fingerprint density at radius 1 is 1.20 bits per heavy atom. The summed E-state index contributed by atoms with van der Waals surface area (Å²) in [5, 5.41) is 0. The zero-order valence-corrected chi connectivity index (χ0v) is 10.9. The molecule has 1 nitrogen and oxygen atoms in total. The van der Waals surface area contributed by atoms with Crippen LogP contribution in [0.1, 0.15) is 59.8 Å². The summed E-state index contributed by atoms with van der Waals surface area (Å²) in [6.45, 7) is 10.9. The minimum absolute atomic E-state index is 0.775. The van der Waals surface area contributed by atoms with Gasteiger partial charge in [0.15, 0.2) is 0 Å². The fourth-order valence-electron chi connectivity index (χ4n) is 3.45. The van der Waals surface area contributed by atoms with Crippen molar-refractivity contribution < 1.29 is 0 Å². The van der Waals surface area contributed by atoms with Crippen LogP contribution in [-0.2, 0) is 0 Å². The second-order valence-electron chi connectivity index (χ2n) is 6.16. The van der Waals surface area contributed by atoms with Crippen LogP contribution in [0.5, 0.6) is 0 Å². The van der Waals surface area contributed by atoms with Gasteiger partial charge in [0.05, 0.1) is 0 Å². The van der Waals surface area contributed by atoms with Gasteiger partial charge in [0, 0.05) is 18.6 Å². The highest BCUT2D eigenvalue weighted by atomic mass is 15.2. The lowest BCUT2D eigenvalue weighted by Crippen LogP contribution is -2.41. The van der Waals surface area contributed by atoms with Crippen molar-refractivity contribution in [3.05, 3.63) is 0 Å². The molecule has 0 amide bonds. The van der Waals surface area contributed by atoms with Crippen LogP contribution in [0.4, 0.5) is 0 Å². The quantitative estimate of drug-likeness (QED) is 0.682. The van der Waals surface area contributed by atoms with Gasteiger partial charge in [-0.2, -0.15) is 0 Å². The Kier molecular flexibility index (Phi) is 3.12. The lowest BCUT2D eigenvalue weighted by atomic mass is 9.95. The van der Waals surface area contributed by atoms with Gasteiger partial charge in [-0.15, -0.1) is 0 Å². The Bertz CT molecular complexity index is 213. The standard InChI is InChI=1S/C14H27N/c1-5-12(6-2)15-10-14(7-8-14)9-13(15)11(3)4/h11-13H,5-10H2,1-4H3. The zero-order chi connectivity index (χ0) is 11.1. The average Bonchev–Trinajstić information content (AvgIpc) is 2.82. The second kappa shape index (κ2) is 4.08. The molecule has 0 aromatic heterocycles. The highest BCUT2D eigenvalue weighted by Crippen LogP contribution is 2.56. The van der Waals surface area contributed by atoms with Gasteiger partial charge in [-0.25, -0.2) is 0 Å². The van der Waals surface area contributed by atoms with Gasteiger partial charge in [-0.3, -0.25) is 4.90 Å². The van der Waals surface area contributed by atoms with Crippen LogP contribution in [0.3, 0.4) is 0 Å². The Labute approximate surface area is 95.2 Å². The van der Waals surface area contributed by atoms with E-state index in [1.165, 1.54) is 38.6 Å². The molecule has 0 aromatic rings. The predicted molar refractivity (Wildman–Crippen MR) is 66.0 cm³/mol. The van der Waals surface area contributed by atoms with E-state index in [1.807, 2.05) is 0 Å². The molecule has 1 spiro atoms. The third-order valence-corrected chi connectivity index (χ3v) is 4.72. The molecule has 0 N–H and O–H groups in total. The highest BCUT2D eigenvalue weighted by molar-refractivity contribution is 5.06. The lowest BCUT2D eigenvalue weighted by Gasteiger charge is -2.34. The number of rotatable bonds is 4. The molecular formula is C14H27N. The summed E-state index contributed by atoms with van der Waals surface area (Å²) in [7, 11) is 0. The Balaban J connectivity index is 2.07. The first-order valence-corrected chi connectivity index (χ1v) is 6.87. The van der Waals surface area contributed by atoms with E-state index in [1.54, 1.807) is 0 Å². The van der Waals surface area contributed by atoms with E-state index in [4.69, 9.17) is 0 Å². The van der Waals surface area contributed by atoms with Crippen LogP contribution in [0.2, 0.25) is 0 Å². The van der Waals surface area contributed by atoms with Crippen molar-refractivity contribution in [1.29, 1.82) is 0 Å². The molecule has 1 saturated carbocycles. The van der Waals surface area contributed by atoms with Crippen LogP contribution in [0.15, 0.2) is 0 Å². The first-order chi connectivity index (χ1) is 7.12. The van der Waals surface area contributed by atoms with Crippen molar-refractivity contribution in [1.82, 2.24) is 4.90 Å². The normalized spacial score (nSPS) is 29.6. The summed E-state index contributed by atoms with van der Waals surface area (Å²) in [5.74, 6) is 0.838. The fraction of sp³-hybridized carbons (Fsp3) is 1.00. The molecule has 88 valence electrons. The summed E-state index contributed by atoms with van der Waals surface area (Å²) in [6.07, 6.45) is 7.16. The molecule has 1 aliphatic heterocycles. The van der Waals surface area contributed by atoms with Gasteiger partial charge in [-0.1, -0.05) is 27.7 Å². The minimum Gasteiger partial charge on any atom is -0.297 e. The maximum Gasteiger partial charge on any atom is 0.0127 e. The molecule has 1 unspecified atom stereocenters. The summed E-state index contributed by atoms with van der Waals surface area (Å²) >= 11 is 0. The maximum atomic E-state index is 2.84. The van der Waals surface area contributed by atoms with Gasteiger partial charge < -0.3 is 0 Å². The summed E-state index contributed by atoms with van der Waals surface area (Å²) < 4.78 is 0. The van der Waals surface area contributed by atoms with Gasteiger partial charge in [0.2, 0.25) is 0 Å². The molecule has 2 fully saturated rings. The minimum atomic E-state index is 0.775. The summed E-state index contributed by atoms with van der Waals surface area (Å²) in [5.41, 5.74) is 0.775. The number of hydrogen-bond donors (Lipinski definition) is 0. The highest BCUT2D eigenvalue weighted by Gasteiger charge is 2.53. The van der Waals surface area contributed by atoms with Crippen LogP contribution in [-0.4, -0.2) is 23.5 Å². The molecule has 15 heavy (non-hydrogen) atoms. The smallest absolute Gasteiger partial charge is 0.0127 e. The van der Waals surface area contributed by atoms with Gasteiger partial charge in [0.1, 0.15) is 0 Å². The van der Waals surface area contributed by atoms with Crippen molar-refractivity contribution in [2.45, 2.75) is 71.9 Å². The third kappa shape index (κ3) is 2.08. The van der Waals surface area contributed by atoms with E-state index < -0.39 is 0 Å². The van der Waals surface area contributed by atoms with E-state index in [2.05, 4.69) is 32.6 Å². The monoisotopic (exact) mass is 209 g/mol. The van der Waals surface area contributed by atoms with Crippen molar-refractivity contribution in [2.24, 2.45) is 11.3 Å². The number of hydrogen-bond acceptors (Lipinski definition) is 1. The molecule has 1 atom stereocenters. The number of nitrogens with zero attached hydrogens (tertiary/aromatic N) is 1. The van der Waals surface area contributed by atoms with Crippen LogP contribution < -0.4 is 0 Å². The largest absolute Gasteiger partial charge is 0.297 e. The van der Waals surface area contributed by atoms with Crippen LogP contribution in [0.25, 0.3) is 0 Å². The Hall–Kier alpha value is -0.0400. The van der Waals surface area contributed by atoms with Crippen molar-refractivity contribution >= 4 is 0 Å². The van der Waals surface area contributed by atoms with E-state index in [0.717, 1.165) is 23.4 Å². The second-order valence-corrected chi connectivity index (χ2v) is 6.16. The maximum absolute atomic E-state index is 2.84. The van der Waals surface area contributed by atoms with Crippen molar-refractivity contribution in [3.63, 3.8) is 0 Å². The van der Waals surface area contributed by atoms with E-state index >= 15 is 0 Å². The van der Waals surface area contributed by atoms with Gasteiger partial charge >= 0.3 is 0 Å². The molecule has 0 bridgehead atoms. The molecule has 0 aromatic carbocycles. The van der Waals surface area contributed by atoms with E-state index in [9.17, 15) is 0 Å². The Morgan fingerprint density at radius 2 is 1.80 bits per heavy atom. The topological polar surface area (TPSA) is 3.24 Å². The SMILES string of the molecule is CCC(CC)N1CC2(CC2)CC1C(C)C. The molecule has 1 heteroatoms. The van der Waals surface area contributed by atoms with E-state index in [-0.39, 0.29) is 0 Å². The Morgan fingerprint density at radius 3 is 2.20 bits per heavy atom. The first kappa shape index (κ1) is 11.4. The summed E-state index contributed by atoms with van der Waals surface area (Å²) in [4.78, 5) is 2.84.